The molecule has 1 aromatic heterocycles. The van der Waals surface area contributed by atoms with E-state index >= 15 is 0 Å². The van der Waals surface area contributed by atoms with Crippen molar-refractivity contribution in [2.45, 2.75) is 18.4 Å². The Hall–Kier alpha value is -0.380. The molecular weight excluding hydrogens is 168 g/mol. The Morgan fingerprint density at radius 2 is 2.42 bits per heavy atom. The molecule has 0 saturated carbocycles. The van der Waals surface area contributed by atoms with Crippen LogP contribution >= 0.6 is 11.3 Å². The van der Waals surface area contributed by atoms with Crippen LogP contribution in [0.1, 0.15) is 17.2 Å². The molecule has 1 saturated heterocycles. The average Bonchev–Trinajstić information content (AvgIpc) is 2.56. The zero-order valence-electron chi connectivity index (χ0n) is 6.99. The Morgan fingerprint density at radius 1 is 1.50 bits per heavy atom. The molecule has 66 valence electrons. The summed E-state index contributed by atoms with van der Waals surface area (Å²) in [5.41, 5.74) is 5.87. The van der Waals surface area contributed by atoms with Crippen LogP contribution in [0.5, 0.6) is 0 Å². The minimum absolute atomic E-state index is 0.339. The first-order chi connectivity index (χ1) is 5.86. The van der Waals surface area contributed by atoms with Crippen LogP contribution in [0, 0.1) is 0 Å². The van der Waals surface area contributed by atoms with Gasteiger partial charge in [-0.15, -0.1) is 11.3 Å². The first-order valence-corrected chi connectivity index (χ1v) is 5.24. The molecule has 2 rings (SSSR count). The molecule has 2 atom stereocenters. The Labute approximate surface area is 76.8 Å². The van der Waals surface area contributed by atoms with Crippen LogP contribution in [-0.4, -0.2) is 19.1 Å². The lowest BCUT2D eigenvalue weighted by Crippen LogP contribution is -2.42. The fraction of sp³-hybridized carbons (Fsp3) is 0.556. The molecule has 0 spiro atoms. The standard InChI is InChI=1S/C9H14N2S/c10-8-4-7(5-11-6-8)9-2-1-3-12-9/h1-3,7-8,11H,4-6,10H2. The molecule has 2 nitrogen and oxygen atoms in total. The molecule has 0 amide bonds. The molecular formula is C9H14N2S. The molecule has 0 bridgehead atoms. The van der Waals surface area contributed by atoms with E-state index in [2.05, 4.69) is 22.8 Å². The number of nitrogens with two attached hydrogens (primary N) is 1. The van der Waals surface area contributed by atoms with E-state index in [1.54, 1.807) is 0 Å². The van der Waals surface area contributed by atoms with Crippen molar-refractivity contribution in [2.75, 3.05) is 13.1 Å². The minimum Gasteiger partial charge on any atom is -0.327 e. The average molecular weight is 182 g/mol. The van der Waals surface area contributed by atoms with Crippen molar-refractivity contribution in [1.29, 1.82) is 0 Å². The van der Waals surface area contributed by atoms with Gasteiger partial charge in [-0.3, -0.25) is 0 Å². The summed E-state index contributed by atoms with van der Waals surface area (Å²) in [6.45, 7) is 2.07. The predicted molar refractivity (Wildman–Crippen MR) is 52.5 cm³/mol. The van der Waals surface area contributed by atoms with E-state index in [0.717, 1.165) is 19.5 Å². The highest BCUT2D eigenvalue weighted by molar-refractivity contribution is 7.10. The van der Waals surface area contributed by atoms with Gasteiger partial charge in [0.25, 0.3) is 0 Å². The van der Waals surface area contributed by atoms with Gasteiger partial charge in [-0.2, -0.15) is 0 Å². The molecule has 0 aromatic carbocycles. The van der Waals surface area contributed by atoms with Gasteiger partial charge < -0.3 is 11.1 Å². The Bertz CT molecular complexity index is 233. The molecule has 1 aliphatic rings. The van der Waals surface area contributed by atoms with Gasteiger partial charge in [0.2, 0.25) is 0 Å². The highest BCUT2D eigenvalue weighted by Gasteiger charge is 2.20. The maximum Gasteiger partial charge on any atom is 0.0171 e. The molecule has 1 aromatic rings. The van der Waals surface area contributed by atoms with E-state index in [1.165, 1.54) is 4.88 Å². The van der Waals surface area contributed by atoms with E-state index in [-0.39, 0.29) is 0 Å². The lowest BCUT2D eigenvalue weighted by Gasteiger charge is -2.26. The van der Waals surface area contributed by atoms with Crippen molar-refractivity contribution >= 4 is 11.3 Å². The van der Waals surface area contributed by atoms with Gasteiger partial charge in [0.05, 0.1) is 0 Å². The smallest absolute Gasteiger partial charge is 0.0171 e. The van der Waals surface area contributed by atoms with Gasteiger partial charge in [-0.1, -0.05) is 6.07 Å². The molecule has 0 radical (unpaired) electrons. The number of hydrogen-bond donors (Lipinski definition) is 2. The molecule has 12 heavy (non-hydrogen) atoms. The molecule has 1 aliphatic heterocycles. The van der Waals surface area contributed by atoms with Gasteiger partial charge in [-0.05, 0) is 17.9 Å². The maximum absolute atomic E-state index is 5.87. The third-order valence-electron chi connectivity index (χ3n) is 2.33. The summed E-state index contributed by atoms with van der Waals surface area (Å²) in [6, 6.07) is 4.65. The second-order valence-electron chi connectivity index (χ2n) is 3.37. The number of rotatable bonds is 1. The molecule has 2 unspecified atom stereocenters. The monoisotopic (exact) mass is 182 g/mol. The highest BCUT2D eigenvalue weighted by atomic mass is 32.1. The molecule has 0 aliphatic carbocycles. The van der Waals surface area contributed by atoms with Crippen LogP contribution in [0.4, 0.5) is 0 Å². The molecule has 3 heteroatoms. The topological polar surface area (TPSA) is 38.0 Å². The minimum atomic E-state index is 0.339. The van der Waals surface area contributed by atoms with Gasteiger partial charge in [0, 0.05) is 29.9 Å². The zero-order chi connectivity index (χ0) is 8.39. The van der Waals surface area contributed by atoms with Crippen molar-refractivity contribution in [3.63, 3.8) is 0 Å². The molecule has 2 heterocycles. The van der Waals surface area contributed by atoms with Gasteiger partial charge >= 0.3 is 0 Å². The summed E-state index contributed by atoms with van der Waals surface area (Å²) in [7, 11) is 0. The highest BCUT2D eigenvalue weighted by Crippen LogP contribution is 2.26. The Kier molecular flexibility index (Phi) is 2.44. The molecule has 3 N–H and O–H groups in total. The van der Waals surface area contributed by atoms with Gasteiger partial charge in [0.1, 0.15) is 0 Å². The third kappa shape index (κ3) is 1.68. The first kappa shape index (κ1) is 8.23. The summed E-state index contributed by atoms with van der Waals surface area (Å²) >= 11 is 1.84. The summed E-state index contributed by atoms with van der Waals surface area (Å²) in [4.78, 5) is 1.47. The maximum atomic E-state index is 5.87. The van der Waals surface area contributed by atoms with E-state index in [1.807, 2.05) is 11.3 Å². The number of hydrogen-bond acceptors (Lipinski definition) is 3. The quantitative estimate of drug-likeness (QED) is 0.684. The van der Waals surface area contributed by atoms with E-state index in [0.29, 0.717) is 12.0 Å². The van der Waals surface area contributed by atoms with Crippen LogP contribution in [0.15, 0.2) is 17.5 Å². The normalized spacial score (nSPS) is 30.4. The number of nitrogens with one attached hydrogen (secondary N) is 1. The molecule has 1 fully saturated rings. The van der Waals surface area contributed by atoms with E-state index < -0.39 is 0 Å². The Balaban J connectivity index is 2.04. The zero-order valence-corrected chi connectivity index (χ0v) is 7.81. The lowest BCUT2D eigenvalue weighted by molar-refractivity contribution is 0.415. The first-order valence-electron chi connectivity index (χ1n) is 4.36. The largest absolute Gasteiger partial charge is 0.327 e. The second kappa shape index (κ2) is 3.56. The summed E-state index contributed by atoms with van der Waals surface area (Å²) in [5, 5.41) is 5.49. The van der Waals surface area contributed by atoms with Gasteiger partial charge in [0.15, 0.2) is 0 Å². The van der Waals surface area contributed by atoms with Crippen molar-refractivity contribution in [2.24, 2.45) is 5.73 Å². The van der Waals surface area contributed by atoms with Crippen molar-refractivity contribution in [1.82, 2.24) is 5.32 Å². The van der Waals surface area contributed by atoms with Crippen LogP contribution in [0.3, 0.4) is 0 Å². The van der Waals surface area contributed by atoms with Crippen LogP contribution < -0.4 is 11.1 Å². The fourth-order valence-corrected chi connectivity index (χ4v) is 2.56. The SMILES string of the molecule is NC1CNCC(c2cccs2)C1. The van der Waals surface area contributed by atoms with E-state index in [9.17, 15) is 0 Å². The van der Waals surface area contributed by atoms with Crippen LogP contribution in [0.25, 0.3) is 0 Å². The number of piperidine rings is 1. The van der Waals surface area contributed by atoms with Crippen molar-refractivity contribution in [3.05, 3.63) is 22.4 Å². The van der Waals surface area contributed by atoms with Crippen LogP contribution in [-0.2, 0) is 0 Å². The third-order valence-corrected chi connectivity index (χ3v) is 3.36. The lowest BCUT2D eigenvalue weighted by atomic mass is 9.95. The van der Waals surface area contributed by atoms with Crippen molar-refractivity contribution in [3.8, 4) is 0 Å². The summed E-state index contributed by atoms with van der Waals surface area (Å²) in [6.07, 6.45) is 1.13. The second-order valence-corrected chi connectivity index (χ2v) is 4.35. The fourth-order valence-electron chi connectivity index (χ4n) is 1.72. The van der Waals surface area contributed by atoms with Crippen LogP contribution in [0.2, 0.25) is 0 Å². The van der Waals surface area contributed by atoms with Crippen molar-refractivity contribution < 1.29 is 0 Å². The van der Waals surface area contributed by atoms with Gasteiger partial charge in [-0.25, -0.2) is 0 Å². The predicted octanol–water partition coefficient (Wildman–Crippen LogP) is 1.15. The summed E-state index contributed by atoms with van der Waals surface area (Å²) in [5.74, 6) is 0.647. The Morgan fingerprint density at radius 3 is 3.08 bits per heavy atom. The van der Waals surface area contributed by atoms with E-state index in [4.69, 9.17) is 5.73 Å². The number of thiophene rings is 1. The summed E-state index contributed by atoms with van der Waals surface area (Å²) < 4.78 is 0.